The lowest BCUT2D eigenvalue weighted by atomic mass is 10.1. The molecule has 0 aliphatic heterocycles. The van der Waals surface area contributed by atoms with E-state index in [-0.39, 0.29) is 23.6 Å². The van der Waals surface area contributed by atoms with E-state index < -0.39 is 11.8 Å². The van der Waals surface area contributed by atoms with Crippen LogP contribution in [0.15, 0.2) is 48.2 Å². The fraction of sp³-hybridized carbons (Fsp3) is 0.0588. The maximum atomic E-state index is 12.2. The number of nitrogens with zero attached hydrogens (tertiary/aromatic N) is 3. The summed E-state index contributed by atoms with van der Waals surface area (Å²) >= 11 is 1.18. The largest absolute Gasteiger partial charge is 0.366 e. The summed E-state index contributed by atoms with van der Waals surface area (Å²) in [5.41, 5.74) is 6.49. The molecular formula is C17H14N6O3S. The van der Waals surface area contributed by atoms with Crippen molar-refractivity contribution in [2.24, 2.45) is 5.73 Å². The summed E-state index contributed by atoms with van der Waals surface area (Å²) < 4.78 is 0. The fourth-order valence-corrected chi connectivity index (χ4v) is 2.89. The first kappa shape index (κ1) is 18.1. The van der Waals surface area contributed by atoms with E-state index >= 15 is 0 Å². The smallest absolute Gasteiger partial charge is 0.277 e. The van der Waals surface area contributed by atoms with Crippen LogP contribution in [0.3, 0.4) is 0 Å². The summed E-state index contributed by atoms with van der Waals surface area (Å²) in [4.78, 5) is 47.5. The number of anilines is 2. The topological polar surface area (TPSA) is 140 Å². The van der Waals surface area contributed by atoms with Gasteiger partial charge in [0.15, 0.2) is 5.13 Å². The van der Waals surface area contributed by atoms with Gasteiger partial charge in [-0.15, -0.1) is 11.3 Å². The van der Waals surface area contributed by atoms with Crippen molar-refractivity contribution in [3.05, 3.63) is 65.2 Å². The van der Waals surface area contributed by atoms with Crippen molar-refractivity contribution >= 4 is 39.9 Å². The fourth-order valence-electron chi connectivity index (χ4n) is 2.19. The Balaban J connectivity index is 1.62. The first-order valence-corrected chi connectivity index (χ1v) is 8.61. The Morgan fingerprint density at radius 1 is 1.11 bits per heavy atom. The number of hydrogen-bond acceptors (Lipinski definition) is 7. The van der Waals surface area contributed by atoms with Gasteiger partial charge in [0.2, 0.25) is 5.91 Å². The van der Waals surface area contributed by atoms with Gasteiger partial charge < -0.3 is 11.1 Å². The maximum absolute atomic E-state index is 12.2. The number of nitrogens with one attached hydrogen (secondary N) is 2. The number of nitrogens with two attached hydrogens (primary N) is 1. The minimum Gasteiger partial charge on any atom is -0.366 e. The molecule has 3 amide bonds. The van der Waals surface area contributed by atoms with Gasteiger partial charge in [-0.05, 0) is 12.1 Å². The van der Waals surface area contributed by atoms with E-state index in [1.165, 1.54) is 36.0 Å². The third kappa shape index (κ3) is 4.70. The Bertz CT molecular complexity index is 989. The van der Waals surface area contributed by atoms with E-state index in [1.807, 2.05) is 0 Å². The van der Waals surface area contributed by atoms with Crippen LogP contribution in [0.2, 0.25) is 0 Å². The predicted octanol–water partition coefficient (Wildman–Crippen LogP) is 1.47. The van der Waals surface area contributed by atoms with Crippen molar-refractivity contribution in [1.29, 1.82) is 0 Å². The molecule has 2 aromatic heterocycles. The van der Waals surface area contributed by atoms with E-state index in [2.05, 4.69) is 25.6 Å². The Hall–Kier alpha value is -3.66. The zero-order valence-corrected chi connectivity index (χ0v) is 14.7. The second kappa shape index (κ2) is 8.15. The molecule has 0 saturated heterocycles. The molecule has 3 rings (SSSR count). The first-order valence-electron chi connectivity index (χ1n) is 7.73. The minimum atomic E-state index is -0.631. The molecule has 3 aromatic rings. The van der Waals surface area contributed by atoms with Crippen molar-refractivity contribution in [1.82, 2.24) is 15.0 Å². The molecule has 136 valence electrons. The lowest BCUT2D eigenvalue weighted by molar-refractivity contribution is -0.115. The second-order valence-corrected chi connectivity index (χ2v) is 6.18. The van der Waals surface area contributed by atoms with Crippen LogP contribution in [0.5, 0.6) is 0 Å². The van der Waals surface area contributed by atoms with Gasteiger partial charge in [-0.3, -0.25) is 24.7 Å². The number of aromatic nitrogens is 3. The monoisotopic (exact) mass is 382 g/mol. The SMILES string of the molecule is NC(=O)c1ccccc1NC(=O)Cc1csc(NC(=O)c2cnccn2)n1. The molecular weight excluding hydrogens is 368 g/mol. The summed E-state index contributed by atoms with van der Waals surface area (Å²) in [5.74, 6) is -1.43. The molecule has 4 N–H and O–H groups in total. The first-order chi connectivity index (χ1) is 13.0. The number of rotatable bonds is 6. The molecule has 0 aliphatic carbocycles. The highest BCUT2D eigenvalue weighted by molar-refractivity contribution is 7.14. The summed E-state index contributed by atoms with van der Waals surface area (Å²) in [7, 11) is 0. The zero-order valence-electron chi connectivity index (χ0n) is 13.9. The Labute approximate surface area is 157 Å². The van der Waals surface area contributed by atoms with Crippen LogP contribution >= 0.6 is 11.3 Å². The number of amides is 3. The minimum absolute atomic E-state index is 0.0232. The van der Waals surface area contributed by atoms with Crippen LogP contribution in [-0.2, 0) is 11.2 Å². The molecule has 0 bridgehead atoms. The van der Waals surface area contributed by atoms with Crippen molar-refractivity contribution in [2.45, 2.75) is 6.42 Å². The quantitative estimate of drug-likeness (QED) is 0.590. The van der Waals surface area contributed by atoms with Crippen LogP contribution in [-0.4, -0.2) is 32.7 Å². The average molecular weight is 382 g/mol. The van der Waals surface area contributed by atoms with Crippen LogP contribution in [0.1, 0.15) is 26.5 Å². The lowest BCUT2D eigenvalue weighted by Gasteiger charge is -2.07. The number of para-hydroxylation sites is 1. The standard InChI is InChI=1S/C17H14N6O3S/c18-15(25)11-3-1-2-4-12(11)22-14(24)7-10-9-27-17(21-10)23-16(26)13-8-19-5-6-20-13/h1-6,8-9H,7H2,(H2,18,25)(H,22,24)(H,21,23,26). The van der Waals surface area contributed by atoms with Gasteiger partial charge in [0.1, 0.15) is 5.69 Å². The van der Waals surface area contributed by atoms with Crippen LogP contribution in [0, 0.1) is 0 Å². The summed E-state index contributed by atoms with van der Waals surface area (Å²) in [6, 6.07) is 6.46. The van der Waals surface area contributed by atoms with Crippen molar-refractivity contribution < 1.29 is 14.4 Å². The molecule has 0 saturated carbocycles. The van der Waals surface area contributed by atoms with Crippen LogP contribution in [0.25, 0.3) is 0 Å². The van der Waals surface area contributed by atoms with Gasteiger partial charge in [-0.25, -0.2) is 9.97 Å². The van der Waals surface area contributed by atoms with Crippen molar-refractivity contribution in [3.8, 4) is 0 Å². The van der Waals surface area contributed by atoms with E-state index in [9.17, 15) is 14.4 Å². The van der Waals surface area contributed by atoms with Crippen molar-refractivity contribution in [3.63, 3.8) is 0 Å². The Morgan fingerprint density at radius 3 is 2.67 bits per heavy atom. The van der Waals surface area contributed by atoms with Crippen molar-refractivity contribution in [2.75, 3.05) is 10.6 Å². The molecule has 0 aliphatic rings. The summed E-state index contributed by atoms with van der Waals surface area (Å²) in [6.07, 6.45) is 4.20. The van der Waals surface area contributed by atoms with Gasteiger partial charge in [-0.1, -0.05) is 12.1 Å². The van der Waals surface area contributed by atoms with Gasteiger partial charge in [-0.2, -0.15) is 0 Å². The van der Waals surface area contributed by atoms with Gasteiger partial charge in [0.05, 0.1) is 29.6 Å². The molecule has 0 spiro atoms. The Morgan fingerprint density at radius 2 is 1.93 bits per heavy atom. The van der Waals surface area contributed by atoms with Gasteiger partial charge >= 0.3 is 0 Å². The summed E-state index contributed by atoms with van der Waals surface area (Å²) in [5, 5.41) is 7.23. The van der Waals surface area contributed by atoms with E-state index in [0.717, 1.165) is 0 Å². The number of hydrogen-bond donors (Lipinski definition) is 3. The number of thiazole rings is 1. The highest BCUT2D eigenvalue weighted by Gasteiger charge is 2.14. The molecule has 0 radical (unpaired) electrons. The third-order valence-corrected chi connectivity index (χ3v) is 4.18. The lowest BCUT2D eigenvalue weighted by Crippen LogP contribution is -2.19. The van der Waals surface area contributed by atoms with Gasteiger partial charge in [0.25, 0.3) is 11.8 Å². The van der Waals surface area contributed by atoms with Crippen LogP contribution < -0.4 is 16.4 Å². The molecule has 1 aromatic carbocycles. The van der Waals surface area contributed by atoms with Gasteiger partial charge in [0, 0.05) is 17.8 Å². The van der Waals surface area contributed by atoms with Crippen LogP contribution in [0.4, 0.5) is 10.8 Å². The van der Waals surface area contributed by atoms with E-state index in [4.69, 9.17) is 5.73 Å². The highest BCUT2D eigenvalue weighted by atomic mass is 32.1. The number of benzene rings is 1. The Kier molecular flexibility index (Phi) is 5.47. The number of carbonyl (C=O) groups is 3. The predicted molar refractivity (Wildman–Crippen MR) is 99.4 cm³/mol. The molecule has 0 fully saturated rings. The second-order valence-electron chi connectivity index (χ2n) is 5.32. The van der Waals surface area contributed by atoms with E-state index in [1.54, 1.807) is 23.6 Å². The number of primary amides is 1. The maximum Gasteiger partial charge on any atom is 0.277 e. The molecule has 0 atom stereocenters. The average Bonchev–Trinajstić information content (AvgIpc) is 3.09. The summed E-state index contributed by atoms with van der Waals surface area (Å²) in [6.45, 7) is 0. The molecule has 2 heterocycles. The molecule has 10 heteroatoms. The normalized spacial score (nSPS) is 10.2. The highest BCUT2D eigenvalue weighted by Crippen LogP contribution is 2.18. The zero-order chi connectivity index (χ0) is 19.2. The number of carbonyl (C=O) groups excluding carboxylic acids is 3. The van der Waals surface area contributed by atoms with E-state index in [0.29, 0.717) is 16.5 Å². The molecule has 27 heavy (non-hydrogen) atoms. The molecule has 9 nitrogen and oxygen atoms in total. The molecule has 0 unspecified atom stereocenters. The third-order valence-electron chi connectivity index (χ3n) is 3.38.